The molecular formula is C21H37ClS. The molecule has 1 atom stereocenters. The number of hydrogen-bond acceptors (Lipinski definition) is 0. The summed E-state index contributed by atoms with van der Waals surface area (Å²) in [5, 5.41) is 0. The molecule has 0 aromatic heterocycles. The van der Waals surface area contributed by atoms with Crippen LogP contribution in [-0.4, -0.2) is 11.5 Å². The van der Waals surface area contributed by atoms with Gasteiger partial charge in [0.1, 0.15) is 17.3 Å². The van der Waals surface area contributed by atoms with E-state index < -0.39 is 0 Å². The summed E-state index contributed by atoms with van der Waals surface area (Å²) in [6.07, 6.45) is 14.5. The zero-order valence-corrected chi connectivity index (χ0v) is 16.9. The van der Waals surface area contributed by atoms with E-state index in [1.807, 2.05) is 0 Å². The Morgan fingerprint density at radius 2 is 1.22 bits per heavy atom. The second kappa shape index (κ2) is 16.7. The molecule has 0 nitrogen and oxygen atoms in total. The van der Waals surface area contributed by atoms with Crippen molar-refractivity contribution in [2.45, 2.75) is 83.8 Å². The molecule has 23 heavy (non-hydrogen) atoms. The molecule has 0 aliphatic rings. The summed E-state index contributed by atoms with van der Waals surface area (Å²) in [5.74, 6) is 4.10. The molecule has 0 saturated carbocycles. The molecule has 0 saturated heterocycles. The minimum atomic E-state index is 0. The summed E-state index contributed by atoms with van der Waals surface area (Å²) in [4.78, 5) is 0. The number of unbranched alkanes of at least 4 members (excludes halogenated alkanes) is 9. The third-order valence-electron chi connectivity index (χ3n) is 4.41. The van der Waals surface area contributed by atoms with Crippen LogP contribution < -0.4 is 12.4 Å². The highest BCUT2D eigenvalue weighted by Crippen LogP contribution is 2.14. The minimum Gasteiger partial charge on any atom is -1.00 e. The Morgan fingerprint density at radius 1 is 0.696 bits per heavy atom. The molecule has 0 heterocycles. The molecule has 0 N–H and O–H groups in total. The van der Waals surface area contributed by atoms with Crippen LogP contribution in [0.15, 0.2) is 30.3 Å². The van der Waals surface area contributed by atoms with Gasteiger partial charge in [-0.05, 0) is 30.7 Å². The molecule has 134 valence electrons. The van der Waals surface area contributed by atoms with Crippen molar-refractivity contribution in [3.63, 3.8) is 0 Å². The summed E-state index contributed by atoms with van der Waals surface area (Å²) in [6, 6.07) is 11.0. The van der Waals surface area contributed by atoms with Crippen LogP contribution in [0, 0.1) is 0 Å². The highest BCUT2D eigenvalue weighted by Gasteiger charge is 2.15. The van der Waals surface area contributed by atoms with Crippen LogP contribution in [0.2, 0.25) is 0 Å². The monoisotopic (exact) mass is 356 g/mol. The topological polar surface area (TPSA) is 0 Å². The highest BCUT2D eigenvalue weighted by molar-refractivity contribution is 7.96. The maximum atomic E-state index is 2.36. The molecule has 1 aromatic carbocycles. The van der Waals surface area contributed by atoms with Crippen molar-refractivity contribution >= 4 is 10.9 Å². The van der Waals surface area contributed by atoms with E-state index in [2.05, 4.69) is 44.2 Å². The molecule has 1 rings (SSSR count). The van der Waals surface area contributed by atoms with Crippen molar-refractivity contribution in [1.82, 2.24) is 0 Å². The van der Waals surface area contributed by atoms with E-state index in [-0.39, 0.29) is 12.4 Å². The maximum Gasteiger partial charge on any atom is 0.133 e. The SMILES string of the molecule is CCCCCCCCCCCC[S+](CC)Cc1ccccc1.[Cl-]. The molecule has 0 amide bonds. The van der Waals surface area contributed by atoms with E-state index in [0.717, 1.165) is 0 Å². The van der Waals surface area contributed by atoms with Crippen LogP contribution in [0.3, 0.4) is 0 Å². The second-order valence-electron chi connectivity index (χ2n) is 6.42. The molecule has 0 aliphatic heterocycles. The summed E-state index contributed by atoms with van der Waals surface area (Å²) in [6.45, 7) is 4.66. The van der Waals surface area contributed by atoms with Crippen molar-refractivity contribution in [1.29, 1.82) is 0 Å². The van der Waals surface area contributed by atoms with Crippen LogP contribution in [0.5, 0.6) is 0 Å². The van der Waals surface area contributed by atoms with Gasteiger partial charge in [0.2, 0.25) is 0 Å². The van der Waals surface area contributed by atoms with Gasteiger partial charge in [0.25, 0.3) is 0 Å². The van der Waals surface area contributed by atoms with Crippen molar-refractivity contribution < 1.29 is 12.4 Å². The van der Waals surface area contributed by atoms with Gasteiger partial charge in [-0.25, -0.2) is 0 Å². The lowest BCUT2D eigenvalue weighted by Gasteiger charge is -2.07. The Balaban J connectivity index is 0.00000484. The summed E-state index contributed by atoms with van der Waals surface area (Å²) >= 11 is 0. The van der Waals surface area contributed by atoms with Crippen molar-refractivity contribution in [3.8, 4) is 0 Å². The van der Waals surface area contributed by atoms with Crippen molar-refractivity contribution in [2.24, 2.45) is 0 Å². The zero-order chi connectivity index (χ0) is 15.9. The Morgan fingerprint density at radius 3 is 1.74 bits per heavy atom. The predicted octanol–water partition coefficient (Wildman–Crippen LogP) is 3.75. The van der Waals surface area contributed by atoms with Gasteiger partial charge in [-0.15, -0.1) is 0 Å². The Bertz CT molecular complexity index is 339. The van der Waals surface area contributed by atoms with Gasteiger partial charge in [-0.1, -0.05) is 88.6 Å². The molecular weight excluding hydrogens is 320 g/mol. The zero-order valence-electron chi connectivity index (χ0n) is 15.4. The first-order valence-corrected chi connectivity index (χ1v) is 11.3. The maximum absolute atomic E-state index is 2.36. The first-order chi connectivity index (χ1) is 10.9. The number of halogens is 1. The summed E-state index contributed by atoms with van der Waals surface area (Å²) in [5.41, 5.74) is 1.53. The van der Waals surface area contributed by atoms with Crippen LogP contribution in [0.4, 0.5) is 0 Å². The molecule has 0 radical (unpaired) electrons. The molecule has 0 bridgehead atoms. The van der Waals surface area contributed by atoms with Crippen LogP contribution in [0.25, 0.3) is 0 Å². The van der Waals surface area contributed by atoms with E-state index in [4.69, 9.17) is 0 Å². The van der Waals surface area contributed by atoms with Crippen molar-refractivity contribution in [2.75, 3.05) is 11.5 Å². The highest BCUT2D eigenvalue weighted by atomic mass is 35.5. The van der Waals surface area contributed by atoms with E-state index >= 15 is 0 Å². The lowest BCUT2D eigenvalue weighted by Crippen LogP contribution is -3.00. The summed E-state index contributed by atoms with van der Waals surface area (Å²) in [7, 11) is 0.605. The largest absolute Gasteiger partial charge is 1.00 e. The van der Waals surface area contributed by atoms with Gasteiger partial charge in [0.05, 0.1) is 0 Å². The first kappa shape index (κ1) is 22.9. The number of hydrogen-bond donors (Lipinski definition) is 0. The van der Waals surface area contributed by atoms with Gasteiger partial charge in [-0.3, -0.25) is 0 Å². The fourth-order valence-electron chi connectivity index (χ4n) is 2.92. The van der Waals surface area contributed by atoms with E-state index in [1.54, 1.807) is 0 Å². The molecule has 0 spiro atoms. The van der Waals surface area contributed by atoms with Crippen molar-refractivity contribution in [3.05, 3.63) is 35.9 Å². The standard InChI is InChI=1S/C21H37S.ClH/c1-3-5-6-7-8-9-10-11-12-16-19-22(4-2)20-21-17-14-13-15-18-21;/h13-15,17-18H,3-12,16,19-20H2,1-2H3;1H/q+1;/p-1. The Labute approximate surface area is 154 Å². The van der Waals surface area contributed by atoms with Crippen LogP contribution in [-0.2, 0) is 16.6 Å². The minimum absolute atomic E-state index is 0. The lowest BCUT2D eigenvalue weighted by atomic mass is 10.1. The quantitative estimate of drug-likeness (QED) is 0.352. The molecule has 1 aromatic rings. The smallest absolute Gasteiger partial charge is 0.133 e. The average molecular weight is 357 g/mol. The van der Waals surface area contributed by atoms with Gasteiger partial charge in [0.15, 0.2) is 0 Å². The summed E-state index contributed by atoms with van der Waals surface area (Å²) < 4.78 is 0. The average Bonchev–Trinajstić information content (AvgIpc) is 2.56. The number of benzene rings is 1. The number of rotatable bonds is 14. The van der Waals surface area contributed by atoms with Gasteiger partial charge < -0.3 is 12.4 Å². The van der Waals surface area contributed by atoms with Gasteiger partial charge in [0, 0.05) is 5.56 Å². The van der Waals surface area contributed by atoms with Gasteiger partial charge >= 0.3 is 0 Å². The van der Waals surface area contributed by atoms with E-state index in [1.165, 1.54) is 87.0 Å². The third-order valence-corrected chi connectivity index (χ3v) is 6.83. The van der Waals surface area contributed by atoms with Crippen LogP contribution in [0.1, 0.15) is 83.6 Å². The molecule has 0 fully saturated rings. The second-order valence-corrected chi connectivity index (χ2v) is 8.92. The first-order valence-electron chi connectivity index (χ1n) is 9.54. The van der Waals surface area contributed by atoms with E-state index in [0.29, 0.717) is 10.9 Å². The molecule has 1 unspecified atom stereocenters. The Kier molecular flexibility index (Phi) is 16.6. The fraction of sp³-hybridized carbons (Fsp3) is 0.714. The van der Waals surface area contributed by atoms with E-state index in [9.17, 15) is 0 Å². The van der Waals surface area contributed by atoms with Gasteiger partial charge in [-0.2, -0.15) is 0 Å². The predicted molar refractivity (Wildman–Crippen MR) is 105 cm³/mol. The Hall–Kier alpha value is -0.140. The molecule has 2 heteroatoms. The molecule has 0 aliphatic carbocycles. The van der Waals surface area contributed by atoms with Crippen LogP contribution >= 0.6 is 0 Å². The fourth-order valence-corrected chi connectivity index (χ4v) is 4.84. The lowest BCUT2D eigenvalue weighted by molar-refractivity contribution is -0.00000482. The normalized spacial score (nSPS) is 11.9. The third kappa shape index (κ3) is 12.9.